The third-order valence-electron chi connectivity index (χ3n) is 2.31. The monoisotopic (exact) mass is 316 g/mol. The number of halogens is 1. The van der Waals surface area contributed by atoms with Crippen molar-refractivity contribution in [2.45, 2.75) is 13.5 Å². The molecule has 0 atom stereocenters. The molecule has 4 nitrogen and oxygen atoms in total. The maximum Gasteiger partial charge on any atom is 0.337 e. The highest BCUT2D eigenvalue weighted by Crippen LogP contribution is 2.20. The lowest BCUT2D eigenvalue weighted by molar-refractivity contribution is 0.0451. The molecule has 0 spiro atoms. The summed E-state index contributed by atoms with van der Waals surface area (Å²) in [7, 11) is 1.36. The van der Waals surface area contributed by atoms with Crippen molar-refractivity contribution in [3.05, 3.63) is 33.8 Å². The number of hydrogen-bond acceptors (Lipinski definition) is 4. The molecule has 0 aliphatic carbocycles. The van der Waals surface area contributed by atoms with E-state index in [1.165, 1.54) is 7.11 Å². The molecule has 100 valence electrons. The molecule has 0 amide bonds. The predicted molar refractivity (Wildman–Crippen MR) is 71.6 cm³/mol. The third kappa shape index (κ3) is 4.76. The molecule has 5 heteroatoms. The first-order valence-corrected chi connectivity index (χ1v) is 6.50. The number of esters is 1. The second kappa shape index (κ2) is 8.24. The Balaban J connectivity index is 2.49. The van der Waals surface area contributed by atoms with Crippen molar-refractivity contribution in [1.82, 2.24) is 0 Å². The van der Waals surface area contributed by atoms with Crippen LogP contribution in [0, 0.1) is 0 Å². The molecule has 0 aliphatic heterocycles. The van der Waals surface area contributed by atoms with Crippen molar-refractivity contribution in [3.8, 4) is 0 Å². The Morgan fingerprint density at radius 2 is 2.00 bits per heavy atom. The van der Waals surface area contributed by atoms with Crippen molar-refractivity contribution in [2.75, 3.05) is 26.9 Å². The molecule has 0 fully saturated rings. The molecule has 18 heavy (non-hydrogen) atoms. The standard InChI is InChI=1S/C13H17BrO4/c1-3-17-6-7-18-9-11-5-4-10(8-12(11)14)13(15)16-2/h4-5,8H,3,6-7,9H2,1-2H3. The summed E-state index contributed by atoms with van der Waals surface area (Å²) in [5.41, 5.74) is 1.50. The van der Waals surface area contributed by atoms with Gasteiger partial charge in [-0.05, 0) is 24.6 Å². The fourth-order valence-corrected chi connectivity index (χ4v) is 1.85. The molecule has 0 radical (unpaired) electrons. The maximum absolute atomic E-state index is 11.3. The van der Waals surface area contributed by atoms with E-state index in [0.717, 1.165) is 10.0 Å². The molecule has 0 N–H and O–H groups in total. The van der Waals surface area contributed by atoms with Crippen LogP contribution in [0.25, 0.3) is 0 Å². The number of carbonyl (C=O) groups is 1. The number of hydrogen-bond donors (Lipinski definition) is 0. The fourth-order valence-electron chi connectivity index (χ4n) is 1.35. The molecule has 0 unspecified atom stereocenters. The van der Waals surface area contributed by atoms with Gasteiger partial charge in [-0.15, -0.1) is 0 Å². The van der Waals surface area contributed by atoms with E-state index in [4.69, 9.17) is 9.47 Å². The molecule has 1 aromatic rings. The normalized spacial score (nSPS) is 10.4. The van der Waals surface area contributed by atoms with Gasteiger partial charge in [0, 0.05) is 11.1 Å². The molecular formula is C13H17BrO4. The summed E-state index contributed by atoms with van der Waals surface area (Å²) in [5.74, 6) is -0.348. The quantitative estimate of drug-likeness (QED) is 0.573. The van der Waals surface area contributed by atoms with Crippen molar-refractivity contribution >= 4 is 21.9 Å². The van der Waals surface area contributed by atoms with Gasteiger partial charge in [0.15, 0.2) is 0 Å². The first-order valence-electron chi connectivity index (χ1n) is 5.71. The van der Waals surface area contributed by atoms with Crippen LogP contribution in [-0.4, -0.2) is 32.9 Å². The third-order valence-corrected chi connectivity index (χ3v) is 3.05. The minimum Gasteiger partial charge on any atom is -0.465 e. The van der Waals surface area contributed by atoms with E-state index >= 15 is 0 Å². The number of ether oxygens (including phenoxy) is 3. The van der Waals surface area contributed by atoms with Gasteiger partial charge in [0.1, 0.15) is 0 Å². The van der Waals surface area contributed by atoms with E-state index in [1.807, 2.05) is 13.0 Å². The first kappa shape index (κ1) is 15.1. The van der Waals surface area contributed by atoms with Crippen LogP contribution in [-0.2, 0) is 20.8 Å². The van der Waals surface area contributed by atoms with Gasteiger partial charge in [0.05, 0.1) is 32.5 Å². The van der Waals surface area contributed by atoms with Crippen LogP contribution in [0.15, 0.2) is 22.7 Å². The molecule has 1 rings (SSSR count). The lowest BCUT2D eigenvalue weighted by Gasteiger charge is -2.08. The van der Waals surface area contributed by atoms with E-state index in [2.05, 4.69) is 20.7 Å². The maximum atomic E-state index is 11.3. The van der Waals surface area contributed by atoms with E-state index in [-0.39, 0.29) is 5.97 Å². The van der Waals surface area contributed by atoms with Gasteiger partial charge >= 0.3 is 5.97 Å². The van der Waals surface area contributed by atoms with Gasteiger partial charge in [-0.3, -0.25) is 0 Å². The summed E-state index contributed by atoms with van der Waals surface area (Å²) in [6.07, 6.45) is 0. The molecule has 0 saturated heterocycles. The van der Waals surface area contributed by atoms with Crippen LogP contribution in [0.2, 0.25) is 0 Å². The van der Waals surface area contributed by atoms with Gasteiger partial charge in [-0.2, -0.15) is 0 Å². The molecule has 0 heterocycles. The van der Waals surface area contributed by atoms with E-state index < -0.39 is 0 Å². The number of rotatable bonds is 7. The Kier molecular flexibility index (Phi) is 6.93. The zero-order chi connectivity index (χ0) is 13.4. The SMILES string of the molecule is CCOCCOCc1ccc(C(=O)OC)cc1Br. The molecule has 1 aromatic carbocycles. The Labute approximate surface area is 115 Å². The second-order valence-corrected chi connectivity index (χ2v) is 4.40. The molecule has 0 saturated carbocycles. The Hall–Kier alpha value is -0.910. The van der Waals surface area contributed by atoms with Gasteiger partial charge in [-0.1, -0.05) is 22.0 Å². The van der Waals surface area contributed by atoms with Gasteiger partial charge in [-0.25, -0.2) is 4.79 Å². The second-order valence-electron chi connectivity index (χ2n) is 3.55. The minimum absolute atomic E-state index is 0.348. The summed E-state index contributed by atoms with van der Waals surface area (Å²) >= 11 is 3.41. The van der Waals surface area contributed by atoms with E-state index in [9.17, 15) is 4.79 Å². The van der Waals surface area contributed by atoms with Crippen molar-refractivity contribution in [1.29, 1.82) is 0 Å². The topological polar surface area (TPSA) is 44.8 Å². The first-order chi connectivity index (χ1) is 8.69. The Morgan fingerprint density at radius 3 is 2.61 bits per heavy atom. The Bertz CT molecular complexity index is 393. The van der Waals surface area contributed by atoms with Gasteiger partial charge < -0.3 is 14.2 Å². The summed E-state index contributed by atoms with van der Waals surface area (Å²) in [6.45, 7) is 4.27. The van der Waals surface area contributed by atoms with Crippen LogP contribution < -0.4 is 0 Å². The van der Waals surface area contributed by atoms with Gasteiger partial charge in [0.2, 0.25) is 0 Å². The highest BCUT2D eigenvalue weighted by molar-refractivity contribution is 9.10. The minimum atomic E-state index is -0.348. The van der Waals surface area contributed by atoms with Crippen LogP contribution in [0.1, 0.15) is 22.8 Å². The van der Waals surface area contributed by atoms with Crippen molar-refractivity contribution in [2.24, 2.45) is 0 Å². The average Bonchev–Trinajstić information content (AvgIpc) is 2.39. The van der Waals surface area contributed by atoms with Crippen molar-refractivity contribution in [3.63, 3.8) is 0 Å². The molecule has 0 aromatic heterocycles. The fraction of sp³-hybridized carbons (Fsp3) is 0.462. The number of benzene rings is 1. The van der Waals surface area contributed by atoms with E-state index in [0.29, 0.717) is 32.0 Å². The van der Waals surface area contributed by atoms with Crippen LogP contribution in [0.5, 0.6) is 0 Å². The van der Waals surface area contributed by atoms with Crippen molar-refractivity contribution < 1.29 is 19.0 Å². The smallest absolute Gasteiger partial charge is 0.337 e. The number of carbonyl (C=O) groups excluding carboxylic acids is 1. The largest absolute Gasteiger partial charge is 0.465 e. The number of methoxy groups -OCH3 is 1. The molecule has 0 bridgehead atoms. The Morgan fingerprint density at radius 1 is 1.28 bits per heavy atom. The van der Waals surface area contributed by atoms with Crippen LogP contribution >= 0.6 is 15.9 Å². The summed E-state index contributed by atoms with van der Waals surface area (Å²) in [4.78, 5) is 11.3. The van der Waals surface area contributed by atoms with Gasteiger partial charge in [0.25, 0.3) is 0 Å². The van der Waals surface area contributed by atoms with Crippen LogP contribution in [0.3, 0.4) is 0 Å². The van der Waals surface area contributed by atoms with Crippen LogP contribution in [0.4, 0.5) is 0 Å². The highest BCUT2D eigenvalue weighted by atomic mass is 79.9. The average molecular weight is 317 g/mol. The zero-order valence-electron chi connectivity index (χ0n) is 10.6. The summed E-state index contributed by atoms with van der Waals surface area (Å²) in [5, 5.41) is 0. The zero-order valence-corrected chi connectivity index (χ0v) is 12.2. The summed E-state index contributed by atoms with van der Waals surface area (Å²) < 4.78 is 16.1. The lowest BCUT2D eigenvalue weighted by Crippen LogP contribution is -2.05. The molecular weight excluding hydrogens is 300 g/mol. The molecule has 0 aliphatic rings. The van der Waals surface area contributed by atoms with E-state index in [1.54, 1.807) is 12.1 Å². The predicted octanol–water partition coefficient (Wildman–Crippen LogP) is 2.79. The lowest BCUT2D eigenvalue weighted by atomic mass is 10.1. The summed E-state index contributed by atoms with van der Waals surface area (Å²) in [6, 6.07) is 5.29. The highest BCUT2D eigenvalue weighted by Gasteiger charge is 2.08.